The van der Waals surface area contributed by atoms with E-state index < -0.39 is 0 Å². The number of amides is 1. The lowest BCUT2D eigenvalue weighted by molar-refractivity contribution is -0.115. The average Bonchev–Trinajstić information content (AvgIpc) is 2.95. The summed E-state index contributed by atoms with van der Waals surface area (Å²) in [7, 11) is 1.77. The van der Waals surface area contributed by atoms with E-state index >= 15 is 0 Å². The van der Waals surface area contributed by atoms with E-state index in [0.29, 0.717) is 11.1 Å². The van der Waals surface area contributed by atoms with Gasteiger partial charge in [-0.1, -0.05) is 6.42 Å². The molecular formula is C16H23N5O. The molecule has 0 atom stereocenters. The van der Waals surface area contributed by atoms with Gasteiger partial charge in [0.1, 0.15) is 0 Å². The molecule has 1 spiro atoms. The zero-order valence-electron chi connectivity index (χ0n) is 13.0. The van der Waals surface area contributed by atoms with Crippen molar-refractivity contribution in [1.82, 2.24) is 15.2 Å². The monoisotopic (exact) mass is 301 g/mol. The average molecular weight is 301 g/mol. The second-order valence-electron chi connectivity index (χ2n) is 6.22. The first-order chi connectivity index (χ1) is 10.7. The Labute approximate surface area is 131 Å². The number of carbonyl (C=O) groups excluding carboxylic acids is 1. The van der Waals surface area contributed by atoms with Crippen LogP contribution in [0.15, 0.2) is 29.5 Å². The second-order valence-corrected chi connectivity index (χ2v) is 6.22. The Bertz CT molecular complexity index is 553. The van der Waals surface area contributed by atoms with Crippen LogP contribution in [0.1, 0.15) is 25.7 Å². The predicted octanol–water partition coefficient (Wildman–Crippen LogP) is 1.47. The molecule has 2 fully saturated rings. The quantitative estimate of drug-likeness (QED) is 0.655. The number of rotatable bonds is 3. The second kappa shape index (κ2) is 6.34. The maximum Gasteiger partial charge on any atom is 0.243 e. The molecule has 6 heteroatoms. The molecule has 0 aromatic carbocycles. The Morgan fingerprint density at radius 2 is 2.32 bits per heavy atom. The van der Waals surface area contributed by atoms with E-state index in [9.17, 15) is 4.79 Å². The molecule has 22 heavy (non-hydrogen) atoms. The molecule has 118 valence electrons. The number of nitrogens with zero attached hydrogens (tertiary/aromatic N) is 3. The lowest BCUT2D eigenvalue weighted by atomic mass is 9.68. The van der Waals surface area contributed by atoms with Crippen LogP contribution in [0.3, 0.4) is 0 Å². The Balaban J connectivity index is 1.48. The van der Waals surface area contributed by atoms with Crippen molar-refractivity contribution in [3.63, 3.8) is 0 Å². The van der Waals surface area contributed by atoms with Gasteiger partial charge >= 0.3 is 0 Å². The molecule has 0 bridgehead atoms. The normalized spacial score (nSPS) is 19.9. The predicted molar refractivity (Wildman–Crippen MR) is 86.7 cm³/mol. The summed E-state index contributed by atoms with van der Waals surface area (Å²) in [4.78, 5) is 22.5. The van der Waals surface area contributed by atoms with Gasteiger partial charge in [-0.15, -0.1) is 0 Å². The first kappa shape index (κ1) is 14.8. The van der Waals surface area contributed by atoms with Gasteiger partial charge < -0.3 is 15.5 Å². The molecule has 1 aliphatic carbocycles. The van der Waals surface area contributed by atoms with Gasteiger partial charge in [0.25, 0.3) is 0 Å². The number of hydrogen-bond acceptors (Lipinski definition) is 3. The molecule has 0 radical (unpaired) electrons. The van der Waals surface area contributed by atoms with Crippen LogP contribution in [0.25, 0.3) is 0 Å². The molecular weight excluding hydrogens is 278 g/mol. The van der Waals surface area contributed by atoms with Crippen molar-refractivity contribution < 1.29 is 4.79 Å². The smallest absolute Gasteiger partial charge is 0.243 e. The van der Waals surface area contributed by atoms with Crippen molar-refractivity contribution in [1.29, 1.82) is 0 Å². The third kappa shape index (κ3) is 3.21. The number of anilines is 1. The minimum Gasteiger partial charge on any atom is -0.347 e. The van der Waals surface area contributed by atoms with Crippen molar-refractivity contribution >= 4 is 17.6 Å². The number of guanidine groups is 1. The van der Waals surface area contributed by atoms with E-state index in [0.717, 1.165) is 19.0 Å². The Kier molecular flexibility index (Phi) is 4.27. The topological polar surface area (TPSA) is 69.6 Å². The van der Waals surface area contributed by atoms with Crippen LogP contribution in [-0.4, -0.2) is 48.4 Å². The van der Waals surface area contributed by atoms with Crippen LogP contribution in [0, 0.1) is 5.41 Å². The number of carbonyl (C=O) groups is 1. The molecule has 1 aromatic heterocycles. The maximum atomic E-state index is 12.0. The highest BCUT2D eigenvalue weighted by Gasteiger charge is 2.43. The van der Waals surface area contributed by atoms with Gasteiger partial charge in [-0.2, -0.15) is 0 Å². The van der Waals surface area contributed by atoms with Gasteiger partial charge in [0, 0.05) is 26.3 Å². The number of aromatic nitrogens is 1. The van der Waals surface area contributed by atoms with E-state index in [1.165, 1.54) is 25.7 Å². The summed E-state index contributed by atoms with van der Waals surface area (Å²) in [5.41, 5.74) is 1.23. The zero-order chi connectivity index (χ0) is 15.4. The van der Waals surface area contributed by atoms with Gasteiger partial charge in [-0.25, -0.2) is 0 Å². The molecule has 1 amide bonds. The number of aliphatic imine (C=N–C) groups is 1. The molecule has 1 saturated heterocycles. The highest BCUT2D eigenvalue weighted by molar-refractivity contribution is 5.94. The summed E-state index contributed by atoms with van der Waals surface area (Å²) in [5, 5.41) is 5.97. The molecule has 1 saturated carbocycles. The van der Waals surface area contributed by atoms with Gasteiger partial charge in [0.2, 0.25) is 5.91 Å². The molecule has 6 nitrogen and oxygen atoms in total. The highest BCUT2D eigenvalue weighted by atomic mass is 16.1. The van der Waals surface area contributed by atoms with Crippen LogP contribution in [0.5, 0.6) is 0 Å². The maximum absolute atomic E-state index is 12.0. The van der Waals surface area contributed by atoms with E-state index in [4.69, 9.17) is 0 Å². The minimum absolute atomic E-state index is 0.0910. The summed E-state index contributed by atoms with van der Waals surface area (Å²) >= 11 is 0. The first-order valence-corrected chi connectivity index (χ1v) is 7.86. The van der Waals surface area contributed by atoms with E-state index in [-0.39, 0.29) is 12.5 Å². The fourth-order valence-corrected chi connectivity index (χ4v) is 3.33. The van der Waals surface area contributed by atoms with Gasteiger partial charge in [-0.05, 0) is 36.8 Å². The van der Waals surface area contributed by atoms with Crippen LogP contribution >= 0.6 is 0 Å². The van der Waals surface area contributed by atoms with Crippen molar-refractivity contribution in [2.24, 2.45) is 10.4 Å². The van der Waals surface area contributed by atoms with Crippen molar-refractivity contribution in [2.75, 3.05) is 32.0 Å². The van der Waals surface area contributed by atoms with E-state index in [1.54, 1.807) is 25.5 Å². The van der Waals surface area contributed by atoms with Crippen LogP contribution in [0.4, 0.5) is 5.69 Å². The van der Waals surface area contributed by atoms with Gasteiger partial charge in [-0.3, -0.25) is 14.8 Å². The van der Waals surface area contributed by atoms with E-state index in [2.05, 4.69) is 25.5 Å². The zero-order valence-corrected chi connectivity index (χ0v) is 13.0. The standard InChI is InChI=1S/C16H23N5O/c1-17-15(21-9-7-16(12-21)5-3-6-16)19-11-14(22)20-13-4-2-8-18-10-13/h2,4,8,10H,3,5-7,9,11-12H2,1H3,(H,17,19)(H,20,22). The largest absolute Gasteiger partial charge is 0.347 e. The molecule has 0 unspecified atom stereocenters. The molecule has 2 N–H and O–H groups in total. The van der Waals surface area contributed by atoms with E-state index in [1.807, 2.05) is 6.07 Å². The molecule has 3 rings (SSSR count). The Hall–Kier alpha value is -2.11. The summed E-state index contributed by atoms with van der Waals surface area (Å²) in [5.74, 6) is 0.733. The molecule has 1 aromatic rings. The number of pyridine rings is 1. The number of likely N-dealkylation sites (tertiary alicyclic amines) is 1. The van der Waals surface area contributed by atoms with Crippen LogP contribution in [-0.2, 0) is 4.79 Å². The SMILES string of the molecule is CN=C(NCC(=O)Nc1cccnc1)N1CCC2(CCC2)C1. The van der Waals surface area contributed by atoms with Crippen molar-refractivity contribution in [3.05, 3.63) is 24.5 Å². The summed E-state index contributed by atoms with van der Waals surface area (Å²) in [6, 6.07) is 3.62. The lowest BCUT2D eigenvalue weighted by Crippen LogP contribution is -2.44. The Morgan fingerprint density at radius 3 is 2.91 bits per heavy atom. The third-order valence-electron chi connectivity index (χ3n) is 4.72. The summed E-state index contributed by atoms with van der Waals surface area (Å²) in [6.45, 7) is 2.31. The number of hydrogen-bond donors (Lipinski definition) is 2. The van der Waals surface area contributed by atoms with Gasteiger partial charge in [0.05, 0.1) is 18.4 Å². The van der Waals surface area contributed by atoms with Crippen molar-refractivity contribution in [3.8, 4) is 0 Å². The molecule has 1 aliphatic heterocycles. The first-order valence-electron chi connectivity index (χ1n) is 7.86. The Morgan fingerprint density at radius 1 is 1.45 bits per heavy atom. The number of nitrogens with one attached hydrogen (secondary N) is 2. The fourth-order valence-electron chi connectivity index (χ4n) is 3.33. The molecule has 2 heterocycles. The lowest BCUT2D eigenvalue weighted by Gasteiger charge is -2.38. The van der Waals surface area contributed by atoms with Crippen LogP contribution < -0.4 is 10.6 Å². The third-order valence-corrected chi connectivity index (χ3v) is 4.72. The highest BCUT2D eigenvalue weighted by Crippen LogP contribution is 2.47. The fraction of sp³-hybridized carbons (Fsp3) is 0.562. The van der Waals surface area contributed by atoms with Crippen molar-refractivity contribution in [2.45, 2.75) is 25.7 Å². The van der Waals surface area contributed by atoms with Crippen LogP contribution in [0.2, 0.25) is 0 Å². The summed E-state index contributed by atoms with van der Waals surface area (Å²) in [6.07, 6.45) is 8.58. The summed E-state index contributed by atoms with van der Waals surface area (Å²) < 4.78 is 0. The van der Waals surface area contributed by atoms with Gasteiger partial charge in [0.15, 0.2) is 5.96 Å². The molecule has 2 aliphatic rings. The minimum atomic E-state index is -0.0910.